The van der Waals surface area contributed by atoms with Gasteiger partial charge in [0.25, 0.3) is 5.91 Å². The molecular weight excluding hydrogens is 334 g/mol. The average Bonchev–Trinajstić information content (AvgIpc) is 2.97. The molecule has 0 saturated carbocycles. The minimum atomic E-state index is -0.122. The molecule has 23 heavy (non-hydrogen) atoms. The minimum absolute atomic E-state index is 0.0450. The standard InChI is InChI=1S/C17H18ClNO3S/c1-3-15(20)12-4-6-13(7-5-12)22-11-17(21)19(2)10-14-8-9-16(18)23-14/h4-9H,3,10-11H2,1-2H3. The molecule has 4 nitrogen and oxygen atoms in total. The number of rotatable bonds is 7. The maximum Gasteiger partial charge on any atom is 0.260 e. The largest absolute Gasteiger partial charge is 0.484 e. The van der Waals surface area contributed by atoms with Gasteiger partial charge in [-0.15, -0.1) is 11.3 Å². The number of ketones is 1. The molecule has 1 amide bonds. The predicted octanol–water partition coefficient (Wildman–Crippen LogP) is 4.03. The van der Waals surface area contributed by atoms with Crippen LogP contribution in [0.1, 0.15) is 28.6 Å². The topological polar surface area (TPSA) is 46.6 Å². The molecule has 1 aromatic heterocycles. The smallest absolute Gasteiger partial charge is 0.260 e. The zero-order chi connectivity index (χ0) is 16.8. The van der Waals surface area contributed by atoms with E-state index in [4.69, 9.17) is 16.3 Å². The number of likely N-dealkylation sites (N-methyl/N-ethyl adjacent to an activating group) is 1. The first-order chi connectivity index (χ1) is 11.0. The number of halogens is 1. The lowest BCUT2D eigenvalue weighted by atomic mass is 10.1. The summed E-state index contributed by atoms with van der Waals surface area (Å²) in [6, 6.07) is 10.5. The Morgan fingerprint density at radius 2 is 1.87 bits per heavy atom. The van der Waals surface area contributed by atoms with Crippen LogP contribution in [0.4, 0.5) is 0 Å². The van der Waals surface area contributed by atoms with Gasteiger partial charge in [0.05, 0.1) is 10.9 Å². The van der Waals surface area contributed by atoms with E-state index < -0.39 is 0 Å². The van der Waals surface area contributed by atoms with Gasteiger partial charge in [-0.1, -0.05) is 18.5 Å². The molecule has 6 heteroatoms. The van der Waals surface area contributed by atoms with Crippen molar-refractivity contribution in [2.45, 2.75) is 19.9 Å². The SMILES string of the molecule is CCC(=O)c1ccc(OCC(=O)N(C)Cc2ccc(Cl)s2)cc1. The Hall–Kier alpha value is -1.85. The number of nitrogens with zero attached hydrogens (tertiary/aromatic N) is 1. The Morgan fingerprint density at radius 3 is 2.43 bits per heavy atom. The highest BCUT2D eigenvalue weighted by Crippen LogP contribution is 2.22. The molecule has 0 bridgehead atoms. The van der Waals surface area contributed by atoms with Crippen LogP contribution in [0.5, 0.6) is 5.75 Å². The third kappa shape index (κ3) is 5.08. The molecule has 0 spiro atoms. The highest BCUT2D eigenvalue weighted by molar-refractivity contribution is 7.16. The van der Waals surface area contributed by atoms with Crippen molar-refractivity contribution < 1.29 is 14.3 Å². The van der Waals surface area contributed by atoms with Crippen LogP contribution in [0.3, 0.4) is 0 Å². The van der Waals surface area contributed by atoms with Crippen molar-refractivity contribution in [2.24, 2.45) is 0 Å². The number of carbonyl (C=O) groups is 2. The summed E-state index contributed by atoms with van der Waals surface area (Å²) in [7, 11) is 1.72. The summed E-state index contributed by atoms with van der Waals surface area (Å²) in [4.78, 5) is 26.2. The van der Waals surface area contributed by atoms with E-state index in [9.17, 15) is 9.59 Å². The number of Topliss-reactive ketones (excluding diaryl/α,β-unsaturated/α-hetero) is 1. The summed E-state index contributed by atoms with van der Waals surface area (Å²) in [6.07, 6.45) is 0.468. The Balaban J connectivity index is 1.84. The fourth-order valence-electron chi connectivity index (χ4n) is 1.96. The first-order valence-electron chi connectivity index (χ1n) is 7.24. The van der Waals surface area contributed by atoms with Gasteiger partial charge in [0.2, 0.25) is 0 Å². The van der Waals surface area contributed by atoms with Gasteiger partial charge in [0, 0.05) is 23.9 Å². The third-order valence-corrected chi connectivity index (χ3v) is 4.52. The van der Waals surface area contributed by atoms with Gasteiger partial charge in [-0.05, 0) is 36.4 Å². The third-order valence-electron chi connectivity index (χ3n) is 3.31. The maximum absolute atomic E-state index is 12.1. The summed E-state index contributed by atoms with van der Waals surface area (Å²) in [6.45, 7) is 2.28. The van der Waals surface area contributed by atoms with E-state index in [1.807, 2.05) is 19.1 Å². The van der Waals surface area contributed by atoms with Crippen molar-refractivity contribution in [1.29, 1.82) is 0 Å². The lowest BCUT2D eigenvalue weighted by Crippen LogP contribution is -2.30. The molecule has 2 rings (SSSR count). The second-order valence-electron chi connectivity index (χ2n) is 5.05. The van der Waals surface area contributed by atoms with Crippen molar-refractivity contribution in [2.75, 3.05) is 13.7 Å². The highest BCUT2D eigenvalue weighted by atomic mass is 35.5. The molecule has 0 aliphatic carbocycles. The van der Waals surface area contributed by atoms with Crippen molar-refractivity contribution >= 4 is 34.6 Å². The molecule has 122 valence electrons. The number of ether oxygens (including phenoxy) is 1. The Labute approximate surface area is 144 Å². The fourth-order valence-corrected chi connectivity index (χ4v) is 3.10. The summed E-state index contributed by atoms with van der Waals surface area (Å²) < 4.78 is 6.18. The second kappa shape index (κ2) is 8.13. The van der Waals surface area contributed by atoms with Gasteiger partial charge in [0.1, 0.15) is 5.75 Å². The van der Waals surface area contributed by atoms with Gasteiger partial charge >= 0.3 is 0 Å². The van der Waals surface area contributed by atoms with Gasteiger partial charge in [-0.25, -0.2) is 0 Å². The van der Waals surface area contributed by atoms with Crippen molar-refractivity contribution in [1.82, 2.24) is 4.90 Å². The number of amides is 1. The normalized spacial score (nSPS) is 10.4. The molecule has 0 radical (unpaired) electrons. The lowest BCUT2D eigenvalue weighted by molar-refractivity contribution is -0.132. The Morgan fingerprint density at radius 1 is 1.17 bits per heavy atom. The molecule has 1 heterocycles. The van der Waals surface area contributed by atoms with Crippen LogP contribution >= 0.6 is 22.9 Å². The summed E-state index contributed by atoms with van der Waals surface area (Å²) >= 11 is 7.33. The van der Waals surface area contributed by atoms with E-state index >= 15 is 0 Å². The van der Waals surface area contributed by atoms with Crippen LogP contribution in [0.2, 0.25) is 4.34 Å². The van der Waals surface area contributed by atoms with E-state index in [1.165, 1.54) is 11.3 Å². The molecule has 0 aliphatic heterocycles. The number of benzene rings is 1. The van der Waals surface area contributed by atoms with Crippen molar-refractivity contribution in [3.63, 3.8) is 0 Å². The molecule has 0 atom stereocenters. The predicted molar refractivity (Wildman–Crippen MR) is 92.4 cm³/mol. The van der Waals surface area contributed by atoms with Gasteiger partial charge < -0.3 is 9.64 Å². The molecule has 0 fully saturated rings. The highest BCUT2D eigenvalue weighted by Gasteiger charge is 2.11. The second-order valence-corrected chi connectivity index (χ2v) is 6.85. The molecule has 0 saturated heterocycles. The average molecular weight is 352 g/mol. The molecule has 2 aromatic rings. The van der Waals surface area contributed by atoms with E-state index in [1.54, 1.807) is 36.2 Å². The van der Waals surface area contributed by atoms with E-state index in [0.29, 0.717) is 28.6 Å². The number of hydrogen-bond acceptors (Lipinski definition) is 4. The number of hydrogen-bond donors (Lipinski definition) is 0. The monoisotopic (exact) mass is 351 g/mol. The zero-order valence-electron chi connectivity index (χ0n) is 13.0. The number of carbonyl (C=O) groups excluding carboxylic acids is 2. The van der Waals surface area contributed by atoms with Gasteiger partial charge in [0.15, 0.2) is 12.4 Å². The van der Waals surface area contributed by atoms with Crippen LogP contribution in [0.25, 0.3) is 0 Å². The maximum atomic E-state index is 12.1. The molecule has 0 aliphatic rings. The number of thiophene rings is 1. The quantitative estimate of drug-likeness (QED) is 0.707. The van der Waals surface area contributed by atoms with E-state index in [-0.39, 0.29) is 18.3 Å². The fraction of sp³-hybridized carbons (Fsp3) is 0.294. The Bertz CT molecular complexity index is 681. The van der Waals surface area contributed by atoms with Crippen LogP contribution in [0, 0.1) is 0 Å². The van der Waals surface area contributed by atoms with Crippen LogP contribution in [-0.2, 0) is 11.3 Å². The van der Waals surface area contributed by atoms with E-state index in [0.717, 1.165) is 4.88 Å². The van der Waals surface area contributed by atoms with Crippen molar-refractivity contribution in [3.8, 4) is 5.75 Å². The summed E-state index contributed by atoms with van der Waals surface area (Å²) in [5.74, 6) is 0.531. The van der Waals surface area contributed by atoms with Crippen molar-refractivity contribution in [3.05, 3.63) is 51.2 Å². The molecule has 0 unspecified atom stereocenters. The van der Waals surface area contributed by atoms with E-state index in [2.05, 4.69) is 0 Å². The van der Waals surface area contributed by atoms with Gasteiger partial charge in [-0.2, -0.15) is 0 Å². The minimum Gasteiger partial charge on any atom is -0.484 e. The lowest BCUT2D eigenvalue weighted by Gasteiger charge is -2.16. The molecule has 1 aromatic carbocycles. The Kier molecular flexibility index (Phi) is 6.19. The molecule has 0 N–H and O–H groups in total. The first kappa shape index (κ1) is 17.5. The van der Waals surface area contributed by atoms with Crippen LogP contribution in [-0.4, -0.2) is 30.2 Å². The van der Waals surface area contributed by atoms with Crippen LogP contribution in [0.15, 0.2) is 36.4 Å². The van der Waals surface area contributed by atoms with Crippen LogP contribution < -0.4 is 4.74 Å². The molecular formula is C17H18ClNO3S. The zero-order valence-corrected chi connectivity index (χ0v) is 14.6. The van der Waals surface area contributed by atoms with Gasteiger partial charge in [-0.3, -0.25) is 9.59 Å². The first-order valence-corrected chi connectivity index (χ1v) is 8.43. The summed E-state index contributed by atoms with van der Waals surface area (Å²) in [5.41, 5.74) is 0.651. The summed E-state index contributed by atoms with van der Waals surface area (Å²) in [5, 5.41) is 0.